The molecule has 4 aromatic rings. The van der Waals surface area contributed by atoms with Gasteiger partial charge in [0.2, 0.25) is 5.95 Å². The molecule has 0 bridgehead atoms. The van der Waals surface area contributed by atoms with Crippen molar-refractivity contribution in [3.8, 4) is 17.3 Å². The van der Waals surface area contributed by atoms with Crippen LogP contribution in [0.3, 0.4) is 0 Å². The van der Waals surface area contributed by atoms with Gasteiger partial charge in [0.25, 0.3) is 0 Å². The molecule has 1 N–H and O–H groups in total. The average Bonchev–Trinajstić information content (AvgIpc) is 3.36. The van der Waals surface area contributed by atoms with Crippen molar-refractivity contribution in [1.29, 1.82) is 0 Å². The number of piperazine rings is 1. The number of nitrogens with zero attached hydrogens (tertiary/aromatic N) is 6. The molecular weight excluding hydrogens is 509 g/mol. The Morgan fingerprint density at radius 1 is 0.975 bits per heavy atom. The molecule has 0 unspecified atom stereocenters. The molecule has 0 aliphatic carbocycles. The van der Waals surface area contributed by atoms with Crippen molar-refractivity contribution >= 4 is 17.7 Å². The van der Waals surface area contributed by atoms with Crippen molar-refractivity contribution in [2.75, 3.05) is 57.2 Å². The van der Waals surface area contributed by atoms with Crippen molar-refractivity contribution in [1.82, 2.24) is 24.6 Å². The van der Waals surface area contributed by atoms with Gasteiger partial charge in [0, 0.05) is 74.9 Å². The molecule has 3 heterocycles. The molecule has 1 saturated heterocycles. The van der Waals surface area contributed by atoms with Crippen LogP contribution in [-0.4, -0.2) is 71.6 Å². The number of anilines is 2. The molecule has 9 nitrogen and oxygen atoms in total. The number of halogens is 1. The summed E-state index contributed by atoms with van der Waals surface area (Å²) in [6.45, 7) is 6.93. The number of benzene rings is 2. The van der Waals surface area contributed by atoms with Gasteiger partial charge >= 0.3 is 0 Å². The van der Waals surface area contributed by atoms with Crippen LogP contribution in [0.2, 0.25) is 0 Å². The summed E-state index contributed by atoms with van der Waals surface area (Å²) in [5.41, 5.74) is 4.00. The first-order chi connectivity index (χ1) is 19.5. The number of ether oxygens (including phenoxy) is 2. The third kappa shape index (κ3) is 6.58. The minimum atomic E-state index is -0.279. The highest BCUT2D eigenvalue weighted by Crippen LogP contribution is 2.24. The predicted octanol–water partition coefficient (Wildman–Crippen LogP) is 4.57. The monoisotopic (exact) mass is 543 g/mol. The van der Waals surface area contributed by atoms with Gasteiger partial charge in [0.05, 0.1) is 26.1 Å². The Morgan fingerprint density at radius 3 is 2.50 bits per heavy atom. The second-order valence-corrected chi connectivity index (χ2v) is 9.58. The lowest BCUT2D eigenvalue weighted by Gasteiger charge is -2.35. The van der Waals surface area contributed by atoms with Gasteiger partial charge in [0.15, 0.2) is 5.82 Å². The van der Waals surface area contributed by atoms with Crippen LogP contribution in [0.1, 0.15) is 16.8 Å². The van der Waals surface area contributed by atoms with E-state index in [0.717, 1.165) is 61.0 Å². The number of methoxy groups -OCH3 is 2. The third-order valence-electron chi connectivity index (χ3n) is 7.01. The van der Waals surface area contributed by atoms with Gasteiger partial charge < -0.3 is 19.7 Å². The molecule has 1 aliphatic heterocycles. The summed E-state index contributed by atoms with van der Waals surface area (Å²) in [5, 5.41) is 7.84. The zero-order valence-corrected chi connectivity index (χ0v) is 23.0. The molecule has 0 amide bonds. The summed E-state index contributed by atoms with van der Waals surface area (Å²) in [7, 11) is 3.21. The number of rotatable bonds is 10. The number of aromatic nitrogens is 4. The highest BCUT2D eigenvalue weighted by atomic mass is 19.1. The van der Waals surface area contributed by atoms with E-state index in [0.29, 0.717) is 24.1 Å². The molecule has 1 fully saturated rings. The normalized spacial score (nSPS) is 14.1. The molecule has 0 saturated carbocycles. The minimum absolute atomic E-state index is 0.279. The predicted molar refractivity (Wildman–Crippen MR) is 155 cm³/mol. The Labute approximate surface area is 233 Å². The van der Waals surface area contributed by atoms with E-state index >= 15 is 0 Å². The number of hydrogen-bond acceptors (Lipinski definition) is 8. The fraction of sp³-hybridized carbons (Fsp3) is 0.300. The van der Waals surface area contributed by atoms with E-state index in [1.54, 1.807) is 26.5 Å². The topological polar surface area (TPSA) is 80.6 Å². The van der Waals surface area contributed by atoms with Crippen molar-refractivity contribution in [3.63, 3.8) is 0 Å². The van der Waals surface area contributed by atoms with E-state index in [9.17, 15) is 4.39 Å². The Morgan fingerprint density at radius 2 is 1.75 bits per heavy atom. The van der Waals surface area contributed by atoms with Crippen molar-refractivity contribution in [2.45, 2.75) is 13.5 Å². The van der Waals surface area contributed by atoms with Crippen LogP contribution in [0.25, 0.3) is 11.9 Å². The summed E-state index contributed by atoms with van der Waals surface area (Å²) in [6.07, 6.45) is 7.85. The van der Waals surface area contributed by atoms with Crippen LogP contribution >= 0.6 is 0 Å². The Bertz CT molecular complexity index is 1450. The first kappa shape index (κ1) is 27.1. The quantitative estimate of drug-likeness (QED) is 0.312. The van der Waals surface area contributed by atoms with Crippen molar-refractivity contribution in [3.05, 3.63) is 89.6 Å². The van der Waals surface area contributed by atoms with Gasteiger partial charge in [-0.15, -0.1) is 0 Å². The standard InChI is InChI=1S/C30H34FN7O2/c1-22-24(5-4-12-36-13-15-37(16-14-36)26-17-25(31)18-28(19-26)40-3)21-34-38(22)29-10-11-32-30(35-29)33-20-23-6-8-27(39-2)9-7-23/h4-11,17-19,21H,12-16,20H2,1-3H3,(H,32,33,35). The highest BCUT2D eigenvalue weighted by molar-refractivity contribution is 5.53. The van der Waals surface area contributed by atoms with Gasteiger partial charge in [-0.1, -0.05) is 24.3 Å². The second kappa shape index (κ2) is 12.6. The van der Waals surface area contributed by atoms with E-state index in [2.05, 4.69) is 42.3 Å². The lowest BCUT2D eigenvalue weighted by Crippen LogP contribution is -2.46. The van der Waals surface area contributed by atoms with E-state index < -0.39 is 0 Å². The fourth-order valence-corrected chi connectivity index (χ4v) is 4.66. The number of nitrogens with one attached hydrogen (secondary N) is 1. The zero-order chi connectivity index (χ0) is 27.9. The molecule has 2 aromatic heterocycles. The lowest BCUT2D eigenvalue weighted by molar-refractivity contribution is 0.284. The second-order valence-electron chi connectivity index (χ2n) is 9.58. The van der Waals surface area contributed by atoms with Crippen LogP contribution in [0.5, 0.6) is 11.5 Å². The minimum Gasteiger partial charge on any atom is -0.497 e. The van der Waals surface area contributed by atoms with E-state index in [1.165, 1.54) is 6.07 Å². The zero-order valence-electron chi connectivity index (χ0n) is 23.0. The maximum Gasteiger partial charge on any atom is 0.224 e. The van der Waals surface area contributed by atoms with Crippen LogP contribution in [0.4, 0.5) is 16.0 Å². The summed E-state index contributed by atoms with van der Waals surface area (Å²) < 4.78 is 26.2. The molecule has 208 valence electrons. The smallest absolute Gasteiger partial charge is 0.224 e. The molecule has 0 spiro atoms. The van der Waals surface area contributed by atoms with E-state index in [1.807, 2.05) is 54.2 Å². The van der Waals surface area contributed by atoms with Crippen molar-refractivity contribution in [2.24, 2.45) is 0 Å². The molecule has 1 aliphatic rings. The van der Waals surface area contributed by atoms with E-state index in [-0.39, 0.29) is 5.82 Å². The summed E-state index contributed by atoms with van der Waals surface area (Å²) in [6, 6.07) is 14.6. The number of hydrogen-bond donors (Lipinski definition) is 1. The SMILES string of the molecule is COc1ccc(CNc2nccc(-n3ncc(C=CCN4CCN(c5cc(F)cc(OC)c5)CC4)c3C)n2)cc1. The van der Waals surface area contributed by atoms with Crippen molar-refractivity contribution < 1.29 is 13.9 Å². The maximum absolute atomic E-state index is 13.9. The summed E-state index contributed by atoms with van der Waals surface area (Å²) >= 11 is 0. The third-order valence-corrected chi connectivity index (χ3v) is 7.01. The Hall–Kier alpha value is -4.44. The lowest BCUT2D eigenvalue weighted by atomic mass is 10.2. The van der Waals surface area contributed by atoms with Gasteiger partial charge in [-0.3, -0.25) is 4.90 Å². The Balaban J connectivity index is 1.15. The largest absolute Gasteiger partial charge is 0.497 e. The van der Waals surface area contributed by atoms with Crippen LogP contribution in [0, 0.1) is 12.7 Å². The molecule has 0 atom stereocenters. The van der Waals surface area contributed by atoms with E-state index in [4.69, 9.17) is 9.47 Å². The fourth-order valence-electron chi connectivity index (χ4n) is 4.66. The Kier molecular flexibility index (Phi) is 8.56. The molecule has 2 aromatic carbocycles. The van der Waals surface area contributed by atoms with Gasteiger partial charge in [-0.05, 0) is 30.7 Å². The molecule has 0 radical (unpaired) electrons. The average molecular weight is 544 g/mol. The van der Waals surface area contributed by atoms with Gasteiger partial charge in [0.1, 0.15) is 17.3 Å². The highest BCUT2D eigenvalue weighted by Gasteiger charge is 2.18. The summed E-state index contributed by atoms with van der Waals surface area (Å²) in [5.74, 6) is 2.33. The summed E-state index contributed by atoms with van der Waals surface area (Å²) in [4.78, 5) is 13.6. The van der Waals surface area contributed by atoms with Crippen LogP contribution in [0.15, 0.2) is 67.0 Å². The molecular formula is C30H34FN7O2. The van der Waals surface area contributed by atoms with Gasteiger partial charge in [-0.2, -0.15) is 10.1 Å². The van der Waals surface area contributed by atoms with Crippen LogP contribution < -0.4 is 19.7 Å². The molecule has 5 rings (SSSR count). The van der Waals surface area contributed by atoms with Crippen LogP contribution in [-0.2, 0) is 6.54 Å². The first-order valence-corrected chi connectivity index (χ1v) is 13.3. The maximum atomic E-state index is 13.9. The van der Waals surface area contributed by atoms with Gasteiger partial charge in [-0.25, -0.2) is 14.1 Å². The first-order valence-electron chi connectivity index (χ1n) is 13.3. The molecule has 10 heteroatoms. The molecule has 40 heavy (non-hydrogen) atoms.